The van der Waals surface area contributed by atoms with Crippen molar-refractivity contribution in [2.24, 2.45) is 0 Å². The smallest absolute Gasteiger partial charge is 0.322 e. The summed E-state index contributed by atoms with van der Waals surface area (Å²) in [5.41, 5.74) is 0. The number of unbranched alkanes of at least 4 members (excludes halogenated alkanes) is 19. The molecule has 0 fully saturated rings. The first-order valence-electron chi connectivity index (χ1n) is 16.8. The molecule has 1 atom stereocenters. The van der Waals surface area contributed by atoms with Gasteiger partial charge in [-0.25, -0.2) is 0 Å². The maximum Gasteiger partial charge on any atom is 0.322 e. The molecule has 40 heavy (non-hydrogen) atoms. The lowest BCUT2D eigenvalue weighted by atomic mass is 10.0. The molecule has 2 N–H and O–H groups in total. The van der Waals surface area contributed by atoms with Gasteiger partial charge in [0, 0.05) is 12.8 Å². The second-order valence-electron chi connectivity index (χ2n) is 11.4. The molecule has 0 aromatic rings. The van der Waals surface area contributed by atoms with Gasteiger partial charge < -0.3 is 15.2 Å². The van der Waals surface area contributed by atoms with Crippen LogP contribution < -0.4 is 5.32 Å². The second-order valence-corrected chi connectivity index (χ2v) is 11.4. The van der Waals surface area contributed by atoms with Gasteiger partial charge in [0.1, 0.15) is 12.6 Å². The predicted octanol–water partition coefficient (Wildman–Crippen LogP) is 9.45. The number of rotatable bonds is 30. The predicted molar refractivity (Wildman–Crippen MR) is 166 cm³/mol. The number of ether oxygens (including phenoxy) is 1. The van der Waals surface area contributed by atoms with E-state index in [1.807, 2.05) is 0 Å². The van der Waals surface area contributed by atoms with Crippen molar-refractivity contribution in [3.63, 3.8) is 0 Å². The van der Waals surface area contributed by atoms with Gasteiger partial charge in [0.15, 0.2) is 0 Å². The summed E-state index contributed by atoms with van der Waals surface area (Å²) in [6, 6.07) is 0. The van der Waals surface area contributed by atoms with Crippen LogP contribution in [0, 0.1) is 0 Å². The Morgan fingerprint density at radius 2 is 1.12 bits per heavy atom. The topological polar surface area (TPSA) is 92.7 Å². The molecular formula is C34H63NO5. The summed E-state index contributed by atoms with van der Waals surface area (Å²) in [6.45, 7) is 4.12. The molecule has 0 saturated heterocycles. The fraction of sp³-hybridized carbons (Fsp3) is 0.853. The lowest BCUT2D eigenvalue weighted by Gasteiger charge is -2.15. The Morgan fingerprint density at radius 1 is 0.650 bits per heavy atom. The molecule has 1 unspecified atom stereocenters. The van der Waals surface area contributed by atoms with E-state index in [9.17, 15) is 14.4 Å². The number of hydrogen-bond donors (Lipinski definition) is 2. The normalized spacial score (nSPS) is 12.1. The minimum Gasteiger partial charge on any atom is -0.480 e. The Kier molecular flexibility index (Phi) is 28.7. The van der Waals surface area contributed by atoms with Crippen LogP contribution in [0.2, 0.25) is 0 Å². The number of carbonyl (C=O) groups excluding carboxylic acids is 2. The van der Waals surface area contributed by atoms with Crippen LogP contribution in [-0.4, -0.2) is 35.6 Å². The molecule has 0 spiro atoms. The third kappa shape index (κ3) is 29.1. The molecule has 0 aliphatic heterocycles. The molecule has 0 aromatic heterocycles. The van der Waals surface area contributed by atoms with Gasteiger partial charge in [-0.05, 0) is 38.2 Å². The van der Waals surface area contributed by atoms with Crippen molar-refractivity contribution < 1.29 is 24.2 Å². The van der Waals surface area contributed by atoms with Crippen molar-refractivity contribution in [1.82, 2.24) is 5.32 Å². The lowest BCUT2D eigenvalue weighted by Crippen LogP contribution is -2.28. The van der Waals surface area contributed by atoms with Gasteiger partial charge in [0.25, 0.3) is 0 Å². The Balaban J connectivity index is 3.89. The van der Waals surface area contributed by atoms with Crippen molar-refractivity contribution in [2.75, 3.05) is 6.54 Å². The molecule has 0 aliphatic carbocycles. The van der Waals surface area contributed by atoms with Crippen LogP contribution in [0.4, 0.5) is 0 Å². The van der Waals surface area contributed by atoms with E-state index < -0.39 is 5.97 Å². The number of nitrogens with one attached hydrogen (secondary N) is 1. The molecule has 0 aliphatic rings. The maximum absolute atomic E-state index is 12.5. The van der Waals surface area contributed by atoms with E-state index in [0.717, 1.165) is 64.2 Å². The number of hydrogen-bond acceptors (Lipinski definition) is 4. The van der Waals surface area contributed by atoms with Crippen LogP contribution in [0.3, 0.4) is 0 Å². The van der Waals surface area contributed by atoms with Gasteiger partial charge in [-0.2, -0.15) is 0 Å². The number of amides is 1. The monoisotopic (exact) mass is 565 g/mol. The van der Waals surface area contributed by atoms with E-state index in [1.54, 1.807) is 0 Å². The largest absolute Gasteiger partial charge is 0.480 e. The summed E-state index contributed by atoms with van der Waals surface area (Å²) in [5.74, 6) is -1.33. The third-order valence-corrected chi connectivity index (χ3v) is 7.42. The van der Waals surface area contributed by atoms with Crippen molar-refractivity contribution in [1.29, 1.82) is 0 Å². The minimum atomic E-state index is -1.03. The van der Waals surface area contributed by atoms with Crippen molar-refractivity contribution >= 4 is 17.8 Å². The fourth-order valence-electron chi connectivity index (χ4n) is 4.88. The summed E-state index contributed by atoms with van der Waals surface area (Å²) >= 11 is 0. The zero-order chi connectivity index (χ0) is 29.5. The van der Waals surface area contributed by atoms with Gasteiger partial charge in [-0.3, -0.25) is 14.4 Å². The van der Waals surface area contributed by atoms with E-state index in [1.165, 1.54) is 83.5 Å². The maximum atomic E-state index is 12.5. The molecule has 0 aromatic carbocycles. The van der Waals surface area contributed by atoms with Crippen LogP contribution in [-0.2, 0) is 19.1 Å². The number of carbonyl (C=O) groups is 3. The number of allylic oxidation sites excluding steroid dienone is 1. The minimum absolute atomic E-state index is 0.0880. The van der Waals surface area contributed by atoms with E-state index >= 15 is 0 Å². The molecule has 6 nitrogen and oxygen atoms in total. The third-order valence-electron chi connectivity index (χ3n) is 7.42. The van der Waals surface area contributed by atoms with Crippen LogP contribution in [0.25, 0.3) is 0 Å². The van der Waals surface area contributed by atoms with E-state index in [0.29, 0.717) is 12.8 Å². The van der Waals surface area contributed by atoms with Crippen LogP contribution in [0.1, 0.15) is 174 Å². The van der Waals surface area contributed by atoms with E-state index in [4.69, 9.17) is 9.84 Å². The highest BCUT2D eigenvalue weighted by Gasteiger charge is 2.12. The Morgan fingerprint density at radius 3 is 1.65 bits per heavy atom. The van der Waals surface area contributed by atoms with Gasteiger partial charge in [-0.15, -0.1) is 0 Å². The highest BCUT2D eigenvalue weighted by molar-refractivity contribution is 5.80. The van der Waals surface area contributed by atoms with Crippen LogP contribution in [0.5, 0.6) is 0 Å². The quantitative estimate of drug-likeness (QED) is 0.0514. The first-order chi connectivity index (χ1) is 19.5. The molecular weight excluding hydrogens is 502 g/mol. The molecule has 6 heteroatoms. The van der Waals surface area contributed by atoms with Crippen LogP contribution >= 0.6 is 0 Å². The summed E-state index contributed by atoms with van der Waals surface area (Å²) in [5, 5.41) is 11.0. The first-order valence-corrected chi connectivity index (χ1v) is 16.8. The van der Waals surface area contributed by atoms with Crippen molar-refractivity contribution in [3.8, 4) is 0 Å². The van der Waals surface area contributed by atoms with Gasteiger partial charge in [0.05, 0.1) is 0 Å². The fourth-order valence-corrected chi connectivity index (χ4v) is 4.88. The highest BCUT2D eigenvalue weighted by Crippen LogP contribution is 2.16. The Labute approximate surface area is 246 Å². The lowest BCUT2D eigenvalue weighted by molar-refractivity contribution is -0.147. The molecule has 234 valence electrons. The summed E-state index contributed by atoms with van der Waals surface area (Å²) < 4.78 is 5.80. The van der Waals surface area contributed by atoms with Crippen molar-refractivity contribution in [2.45, 2.75) is 180 Å². The zero-order valence-electron chi connectivity index (χ0n) is 26.2. The van der Waals surface area contributed by atoms with Gasteiger partial charge in [-0.1, -0.05) is 135 Å². The molecule has 0 rings (SSSR count). The van der Waals surface area contributed by atoms with Gasteiger partial charge >= 0.3 is 11.9 Å². The first kappa shape index (κ1) is 38.1. The highest BCUT2D eigenvalue weighted by atomic mass is 16.5. The summed E-state index contributed by atoms with van der Waals surface area (Å²) in [7, 11) is 0. The van der Waals surface area contributed by atoms with Gasteiger partial charge in [0.2, 0.25) is 5.91 Å². The van der Waals surface area contributed by atoms with E-state index in [2.05, 4.69) is 31.3 Å². The molecule has 0 saturated carbocycles. The average molecular weight is 566 g/mol. The Hall–Kier alpha value is -1.85. The van der Waals surface area contributed by atoms with E-state index in [-0.39, 0.29) is 24.5 Å². The standard InChI is InChI=1S/C34H63NO5/c1-3-5-7-9-10-11-12-13-14-15-16-17-18-19-25-29-34(39)40-31(26-22-8-6-4-2)27-23-20-21-24-28-32(36)35-30-33(37)38/h22,26,31H,3-21,23-25,27-30H2,1-2H3,(H,35,36)(H,37,38)/b26-22-. The zero-order valence-corrected chi connectivity index (χ0v) is 26.2. The Bertz CT molecular complexity index is 634. The number of carboxylic acid groups (broad SMARTS) is 1. The van der Waals surface area contributed by atoms with Crippen LogP contribution in [0.15, 0.2) is 12.2 Å². The van der Waals surface area contributed by atoms with Crippen molar-refractivity contribution in [3.05, 3.63) is 12.2 Å². The second kappa shape index (κ2) is 30.1. The number of aliphatic carboxylic acids is 1. The molecule has 0 bridgehead atoms. The molecule has 1 amide bonds. The number of carboxylic acids is 1. The SMILES string of the molecule is CCCC/C=C\C(CCCCCCC(=O)NCC(=O)O)OC(=O)CCCCCCCCCCCCCCCCC. The average Bonchev–Trinajstić information content (AvgIpc) is 2.93. The summed E-state index contributed by atoms with van der Waals surface area (Å²) in [6.07, 6.45) is 32.2. The molecule has 0 radical (unpaired) electrons. The number of esters is 1. The molecule has 0 heterocycles. The summed E-state index contributed by atoms with van der Waals surface area (Å²) in [4.78, 5) is 34.5.